The highest BCUT2D eigenvalue weighted by Crippen LogP contribution is 2.43. The molecule has 2 heterocycles. The molecule has 0 spiro atoms. The summed E-state index contributed by atoms with van der Waals surface area (Å²) >= 11 is 12.8. The number of hydrogen-bond acceptors (Lipinski definition) is 5. The minimum absolute atomic E-state index is 0.0562. The molecule has 168 valence electrons. The van der Waals surface area contributed by atoms with Crippen LogP contribution in [0.4, 0.5) is 0 Å². The number of benzene rings is 2. The third-order valence-corrected chi connectivity index (χ3v) is 6.90. The van der Waals surface area contributed by atoms with Crippen LogP contribution in [0.25, 0.3) is 5.69 Å². The van der Waals surface area contributed by atoms with Crippen LogP contribution in [0.2, 0.25) is 10.0 Å². The molecule has 9 heteroatoms. The lowest BCUT2D eigenvalue weighted by Crippen LogP contribution is -2.39. The Kier molecular flexibility index (Phi) is 5.75. The standard InChI is InChI=1S/C23H24Cl2N4O3/c1-2-27-13-26-29(23(27)31)15-3-5-17(6-4-15)32-22-19-9-14(24)10-20(25)18(19)11-21(22)28-8-7-16(30)12-28/h3-6,9-10,13,16,21-22,30H,2,7-8,11-12H2,1H3/t16-,21+,22+/m1/s1. The van der Waals surface area contributed by atoms with Crippen LogP contribution in [0.3, 0.4) is 0 Å². The minimum Gasteiger partial charge on any atom is -0.484 e. The van der Waals surface area contributed by atoms with Gasteiger partial charge < -0.3 is 9.84 Å². The van der Waals surface area contributed by atoms with Crippen LogP contribution in [0.1, 0.15) is 30.6 Å². The molecule has 5 rings (SSSR count). The number of rotatable bonds is 5. The highest BCUT2D eigenvalue weighted by atomic mass is 35.5. The molecule has 0 saturated carbocycles. The van der Waals surface area contributed by atoms with Crippen molar-refractivity contribution in [3.63, 3.8) is 0 Å². The van der Waals surface area contributed by atoms with E-state index < -0.39 is 0 Å². The molecular weight excluding hydrogens is 451 g/mol. The van der Waals surface area contributed by atoms with E-state index in [4.69, 9.17) is 27.9 Å². The van der Waals surface area contributed by atoms with Crippen molar-refractivity contribution in [2.75, 3.05) is 13.1 Å². The van der Waals surface area contributed by atoms with E-state index in [2.05, 4.69) is 10.00 Å². The molecule has 2 aliphatic rings. The molecular formula is C23H24Cl2N4O3. The Hall–Kier alpha value is -2.32. The number of fused-ring (bicyclic) bond motifs is 1. The van der Waals surface area contributed by atoms with Crippen LogP contribution in [-0.4, -0.2) is 49.6 Å². The molecule has 0 radical (unpaired) electrons. The van der Waals surface area contributed by atoms with Gasteiger partial charge in [-0.3, -0.25) is 9.47 Å². The summed E-state index contributed by atoms with van der Waals surface area (Å²) in [4.78, 5) is 14.6. The first-order valence-electron chi connectivity index (χ1n) is 10.8. The van der Waals surface area contributed by atoms with Gasteiger partial charge in [0.2, 0.25) is 0 Å². The largest absolute Gasteiger partial charge is 0.484 e. The average molecular weight is 475 g/mol. The van der Waals surface area contributed by atoms with Crippen molar-refractivity contribution in [3.8, 4) is 11.4 Å². The Morgan fingerprint density at radius 2 is 2.00 bits per heavy atom. The average Bonchev–Trinajstić information content (AvgIpc) is 3.46. The van der Waals surface area contributed by atoms with Gasteiger partial charge in [0.15, 0.2) is 0 Å². The van der Waals surface area contributed by atoms with Gasteiger partial charge >= 0.3 is 5.69 Å². The van der Waals surface area contributed by atoms with E-state index in [9.17, 15) is 9.90 Å². The lowest BCUT2D eigenvalue weighted by molar-refractivity contribution is 0.0818. The van der Waals surface area contributed by atoms with Gasteiger partial charge in [0.25, 0.3) is 0 Å². The van der Waals surface area contributed by atoms with Crippen LogP contribution in [-0.2, 0) is 13.0 Å². The van der Waals surface area contributed by atoms with Crippen LogP contribution >= 0.6 is 23.2 Å². The van der Waals surface area contributed by atoms with E-state index in [1.165, 1.54) is 11.0 Å². The molecule has 7 nitrogen and oxygen atoms in total. The van der Waals surface area contributed by atoms with Gasteiger partial charge in [0.05, 0.1) is 17.8 Å². The quantitative estimate of drug-likeness (QED) is 0.612. The van der Waals surface area contributed by atoms with Gasteiger partial charge in [0, 0.05) is 35.2 Å². The zero-order chi connectivity index (χ0) is 22.4. The number of halogens is 2. The maximum absolute atomic E-state index is 12.4. The predicted molar refractivity (Wildman–Crippen MR) is 123 cm³/mol. The van der Waals surface area contributed by atoms with Crippen molar-refractivity contribution in [3.05, 3.63) is 74.4 Å². The monoisotopic (exact) mass is 474 g/mol. The van der Waals surface area contributed by atoms with E-state index >= 15 is 0 Å². The van der Waals surface area contributed by atoms with E-state index in [-0.39, 0.29) is 23.9 Å². The topological polar surface area (TPSA) is 72.5 Å². The zero-order valence-electron chi connectivity index (χ0n) is 17.6. The molecule has 32 heavy (non-hydrogen) atoms. The Morgan fingerprint density at radius 3 is 2.66 bits per heavy atom. The van der Waals surface area contributed by atoms with Crippen molar-refractivity contribution >= 4 is 23.2 Å². The van der Waals surface area contributed by atoms with Gasteiger partial charge in [0.1, 0.15) is 18.2 Å². The highest BCUT2D eigenvalue weighted by molar-refractivity contribution is 6.35. The number of nitrogens with zero attached hydrogens (tertiary/aromatic N) is 4. The number of hydrogen-bond donors (Lipinski definition) is 1. The molecule has 1 aliphatic heterocycles. The van der Waals surface area contributed by atoms with Gasteiger partial charge in [-0.05, 0) is 61.7 Å². The molecule has 0 amide bonds. The summed E-state index contributed by atoms with van der Waals surface area (Å²) in [6.45, 7) is 3.90. The number of likely N-dealkylation sites (tertiary alicyclic amines) is 1. The molecule has 1 aromatic heterocycles. The first-order valence-corrected chi connectivity index (χ1v) is 11.5. The molecule has 3 atom stereocenters. The summed E-state index contributed by atoms with van der Waals surface area (Å²) < 4.78 is 9.38. The van der Waals surface area contributed by atoms with Crippen molar-refractivity contribution < 1.29 is 9.84 Å². The fourth-order valence-electron chi connectivity index (χ4n) is 4.69. The van der Waals surface area contributed by atoms with E-state index in [0.29, 0.717) is 34.6 Å². The molecule has 3 aromatic rings. The maximum Gasteiger partial charge on any atom is 0.350 e. The second-order valence-electron chi connectivity index (χ2n) is 8.31. The number of β-amino-alcohol motifs (C(OH)–C–C–N with tert-alkyl or cyclic N) is 1. The molecule has 1 N–H and O–H groups in total. The van der Waals surface area contributed by atoms with Crippen molar-refractivity contribution in [2.24, 2.45) is 0 Å². The van der Waals surface area contributed by atoms with Gasteiger partial charge in [-0.25, -0.2) is 4.79 Å². The number of aromatic nitrogens is 3. The third-order valence-electron chi connectivity index (χ3n) is 6.35. The SMILES string of the molecule is CCn1cnn(-c2ccc(O[C@H]3c4cc(Cl)cc(Cl)c4C[C@@H]3N3CC[C@@H](O)C3)cc2)c1=O. The fraction of sp³-hybridized carbons (Fsp3) is 0.391. The summed E-state index contributed by atoms with van der Waals surface area (Å²) in [5.41, 5.74) is 2.52. The molecule has 1 saturated heterocycles. The second-order valence-corrected chi connectivity index (χ2v) is 9.15. The van der Waals surface area contributed by atoms with Gasteiger partial charge in [-0.2, -0.15) is 9.78 Å². The Balaban J connectivity index is 1.44. The zero-order valence-corrected chi connectivity index (χ0v) is 19.1. The molecule has 1 aliphatic carbocycles. The molecule has 0 bridgehead atoms. The first-order chi connectivity index (χ1) is 15.4. The summed E-state index contributed by atoms with van der Waals surface area (Å²) in [6, 6.07) is 11.1. The van der Waals surface area contributed by atoms with Crippen LogP contribution in [0, 0.1) is 0 Å². The Bertz CT molecular complexity index is 1190. The maximum atomic E-state index is 12.4. The van der Waals surface area contributed by atoms with E-state index in [1.807, 2.05) is 37.3 Å². The predicted octanol–water partition coefficient (Wildman–Crippen LogP) is 3.47. The lowest BCUT2D eigenvalue weighted by atomic mass is 10.1. The molecule has 1 fully saturated rings. The van der Waals surface area contributed by atoms with Gasteiger partial charge in [-0.15, -0.1) is 0 Å². The summed E-state index contributed by atoms with van der Waals surface area (Å²) in [7, 11) is 0. The van der Waals surface area contributed by atoms with Crippen molar-refractivity contribution in [2.45, 2.75) is 44.6 Å². The van der Waals surface area contributed by atoms with Gasteiger partial charge in [-0.1, -0.05) is 23.2 Å². The van der Waals surface area contributed by atoms with E-state index in [0.717, 1.165) is 30.5 Å². The Labute approximate surface area is 195 Å². The summed E-state index contributed by atoms with van der Waals surface area (Å²) in [5.74, 6) is 0.676. The fourth-order valence-corrected chi connectivity index (χ4v) is 5.28. The minimum atomic E-state index is -0.320. The highest BCUT2D eigenvalue weighted by Gasteiger charge is 2.41. The summed E-state index contributed by atoms with van der Waals surface area (Å²) in [6.07, 6.45) is 2.44. The molecule has 2 aromatic carbocycles. The number of aliphatic hydroxyl groups is 1. The normalized spacial score (nSPS) is 22.9. The first kappa shape index (κ1) is 21.5. The lowest BCUT2D eigenvalue weighted by Gasteiger charge is -2.30. The third kappa shape index (κ3) is 3.83. The van der Waals surface area contributed by atoms with Crippen LogP contribution in [0.15, 0.2) is 47.5 Å². The molecule has 0 unspecified atom stereocenters. The van der Waals surface area contributed by atoms with Crippen molar-refractivity contribution in [1.82, 2.24) is 19.2 Å². The van der Waals surface area contributed by atoms with Crippen LogP contribution < -0.4 is 10.4 Å². The smallest absolute Gasteiger partial charge is 0.350 e. The van der Waals surface area contributed by atoms with Crippen molar-refractivity contribution in [1.29, 1.82) is 0 Å². The number of aliphatic hydroxyl groups excluding tert-OH is 1. The second kappa shape index (κ2) is 8.56. The number of ether oxygens (including phenoxy) is 1. The summed E-state index contributed by atoms with van der Waals surface area (Å²) in [5, 5.41) is 15.5. The van der Waals surface area contributed by atoms with E-state index in [1.54, 1.807) is 10.6 Å². The van der Waals surface area contributed by atoms with Crippen LogP contribution in [0.5, 0.6) is 5.75 Å². The number of aryl methyl sites for hydroxylation is 1. The Morgan fingerprint density at radius 1 is 1.22 bits per heavy atom.